The van der Waals surface area contributed by atoms with E-state index in [1.807, 2.05) is 71.3 Å². The second-order valence-corrected chi connectivity index (χ2v) is 9.40. The van der Waals surface area contributed by atoms with Gasteiger partial charge in [-0.05, 0) is 29.7 Å². The molecule has 0 saturated heterocycles. The summed E-state index contributed by atoms with van der Waals surface area (Å²) in [5.74, 6) is -0.550. The molecule has 0 unspecified atom stereocenters. The van der Waals surface area contributed by atoms with Crippen molar-refractivity contribution in [1.82, 2.24) is 14.5 Å². The van der Waals surface area contributed by atoms with Crippen LogP contribution in [0.15, 0.2) is 85.2 Å². The average molecular weight is 497 g/mol. The number of nitro benzene ring substituents is 1. The minimum Gasteiger partial charge on any atom is -0.394 e. The van der Waals surface area contributed by atoms with Crippen molar-refractivity contribution in [1.29, 1.82) is 0 Å². The number of rotatable bonds is 7. The quantitative estimate of drug-likeness (QED) is 0.305. The molecule has 4 aromatic rings. The molecule has 0 fully saturated rings. The lowest BCUT2D eigenvalue weighted by Gasteiger charge is -2.37. The van der Waals surface area contributed by atoms with Gasteiger partial charge in [0, 0.05) is 30.3 Å². The van der Waals surface area contributed by atoms with Crippen LogP contribution in [0.25, 0.3) is 0 Å². The van der Waals surface area contributed by atoms with Crippen LogP contribution >= 0.6 is 0 Å². The maximum atomic E-state index is 14.0. The van der Waals surface area contributed by atoms with Crippen LogP contribution < -0.4 is 0 Å². The Labute approximate surface area is 215 Å². The van der Waals surface area contributed by atoms with E-state index in [0.717, 1.165) is 28.1 Å². The number of nitro groups is 1. The van der Waals surface area contributed by atoms with Gasteiger partial charge in [0.15, 0.2) is 0 Å². The molecular formula is C29H28N4O4. The Morgan fingerprint density at radius 3 is 2.30 bits per heavy atom. The molecule has 0 aliphatic carbocycles. The number of amides is 1. The molecular weight excluding hydrogens is 468 g/mol. The lowest BCUT2D eigenvalue weighted by molar-refractivity contribution is -0.385. The molecule has 5 rings (SSSR count). The molecule has 1 amide bonds. The maximum Gasteiger partial charge on any atom is 0.272 e. The third kappa shape index (κ3) is 4.88. The van der Waals surface area contributed by atoms with E-state index >= 15 is 0 Å². The molecule has 3 aromatic carbocycles. The van der Waals surface area contributed by atoms with Crippen molar-refractivity contribution in [3.63, 3.8) is 0 Å². The highest BCUT2D eigenvalue weighted by molar-refractivity contribution is 5.87. The van der Waals surface area contributed by atoms with Crippen LogP contribution in [0, 0.1) is 17.0 Å². The number of aryl methyl sites for hydroxylation is 1. The largest absolute Gasteiger partial charge is 0.394 e. The zero-order chi connectivity index (χ0) is 25.9. The van der Waals surface area contributed by atoms with Crippen molar-refractivity contribution in [3.8, 4) is 0 Å². The Bertz CT molecular complexity index is 1380. The molecule has 0 spiro atoms. The molecule has 1 atom stereocenters. The number of imidazole rings is 1. The number of nitrogens with zero attached hydrogens (tertiary/aromatic N) is 4. The van der Waals surface area contributed by atoms with Crippen molar-refractivity contribution < 1.29 is 14.8 Å². The Morgan fingerprint density at radius 2 is 1.73 bits per heavy atom. The first-order valence-corrected chi connectivity index (χ1v) is 12.2. The van der Waals surface area contributed by atoms with Gasteiger partial charge in [0.1, 0.15) is 0 Å². The van der Waals surface area contributed by atoms with Gasteiger partial charge >= 0.3 is 0 Å². The van der Waals surface area contributed by atoms with E-state index in [0.29, 0.717) is 25.1 Å². The highest BCUT2D eigenvalue weighted by Gasteiger charge is 2.36. The summed E-state index contributed by atoms with van der Waals surface area (Å²) in [6.07, 6.45) is 2.22. The molecule has 8 nitrogen and oxygen atoms in total. The number of aliphatic hydroxyl groups excluding tert-OH is 1. The highest BCUT2D eigenvalue weighted by atomic mass is 16.6. The minimum atomic E-state index is -0.483. The molecule has 1 aliphatic heterocycles. The van der Waals surface area contributed by atoms with E-state index in [4.69, 9.17) is 0 Å². The first-order chi connectivity index (χ1) is 18.0. The summed E-state index contributed by atoms with van der Waals surface area (Å²) >= 11 is 0. The summed E-state index contributed by atoms with van der Waals surface area (Å²) in [5, 5.41) is 21.5. The first kappa shape index (κ1) is 24.4. The van der Waals surface area contributed by atoms with Crippen LogP contribution in [0.2, 0.25) is 0 Å². The topological polar surface area (TPSA) is 102 Å². The van der Waals surface area contributed by atoms with E-state index in [-0.39, 0.29) is 29.2 Å². The highest BCUT2D eigenvalue weighted by Crippen LogP contribution is 2.32. The van der Waals surface area contributed by atoms with Crippen LogP contribution in [0.5, 0.6) is 0 Å². The van der Waals surface area contributed by atoms with Gasteiger partial charge in [-0.3, -0.25) is 14.9 Å². The van der Waals surface area contributed by atoms with Gasteiger partial charge in [0.25, 0.3) is 5.69 Å². The van der Waals surface area contributed by atoms with E-state index in [2.05, 4.69) is 4.98 Å². The monoisotopic (exact) mass is 496 g/mol. The standard InChI is InChI=1S/C29H28N4O4/c1-20-14-21(12-13-26(20)33(36)37)16-31-19-30-25-17-32(24(18-34)15-27(25)31)29(35)28(22-8-4-2-5-9-22)23-10-6-3-7-11-23/h2-14,19,24,28,34H,15-18H2,1H3/t24-/m0/s1. The fourth-order valence-corrected chi connectivity index (χ4v) is 5.15. The first-order valence-electron chi connectivity index (χ1n) is 12.2. The number of carbonyl (C=O) groups excluding carboxylic acids is 1. The number of fused-ring (bicyclic) bond motifs is 1. The average Bonchev–Trinajstić information content (AvgIpc) is 3.30. The van der Waals surface area contributed by atoms with E-state index in [1.165, 1.54) is 6.07 Å². The summed E-state index contributed by atoms with van der Waals surface area (Å²) in [4.78, 5) is 31.2. The van der Waals surface area contributed by atoms with Crippen molar-refractivity contribution in [2.24, 2.45) is 0 Å². The van der Waals surface area contributed by atoms with Crippen LogP contribution in [0.1, 0.15) is 39.6 Å². The van der Waals surface area contributed by atoms with Gasteiger partial charge in [0.05, 0.1) is 42.1 Å². The molecule has 1 N–H and O–H groups in total. The molecule has 2 heterocycles. The van der Waals surface area contributed by atoms with Gasteiger partial charge in [0.2, 0.25) is 5.91 Å². The minimum absolute atomic E-state index is 0.0670. The molecule has 8 heteroatoms. The van der Waals surface area contributed by atoms with Crippen molar-refractivity contribution in [2.75, 3.05) is 6.61 Å². The number of carbonyl (C=O) groups is 1. The molecule has 0 bridgehead atoms. The third-order valence-electron chi connectivity index (χ3n) is 7.04. The van der Waals surface area contributed by atoms with Crippen LogP contribution in [-0.2, 0) is 24.3 Å². The Morgan fingerprint density at radius 1 is 1.08 bits per heavy atom. The van der Waals surface area contributed by atoms with Crippen molar-refractivity contribution >= 4 is 11.6 Å². The van der Waals surface area contributed by atoms with E-state index in [9.17, 15) is 20.0 Å². The zero-order valence-electron chi connectivity index (χ0n) is 20.5. The number of aliphatic hydroxyl groups is 1. The summed E-state index contributed by atoms with van der Waals surface area (Å²) in [6.45, 7) is 2.38. The maximum absolute atomic E-state index is 14.0. The van der Waals surface area contributed by atoms with Gasteiger partial charge in [-0.25, -0.2) is 4.98 Å². The lowest BCUT2D eigenvalue weighted by Crippen LogP contribution is -2.48. The molecule has 1 aliphatic rings. The van der Waals surface area contributed by atoms with Crippen LogP contribution in [0.4, 0.5) is 5.69 Å². The Kier molecular flexibility index (Phi) is 6.83. The molecule has 1 aromatic heterocycles. The predicted molar refractivity (Wildman–Crippen MR) is 139 cm³/mol. The van der Waals surface area contributed by atoms with Crippen molar-refractivity contribution in [2.45, 2.75) is 38.4 Å². The number of hydrogen-bond donors (Lipinski definition) is 1. The van der Waals surface area contributed by atoms with Gasteiger partial charge in [-0.1, -0.05) is 66.7 Å². The SMILES string of the molecule is Cc1cc(Cn2cnc3c2C[C@@H](CO)N(C(=O)C(c2ccccc2)c2ccccc2)C3)ccc1[N+](=O)[O-]. The fourth-order valence-electron chi connectivity index (χ4n) is 5.15. The number of aromatic nitrogens is 2. The van der Waals surface area contributed by atoms with E-state index in [1.54, 1.807) is 24.2 Å². The van der Waals surface area contributed by atoms with Gasteiger partial charge in [-0.15, -0.1) is 0 Å². The normalized spacial score (nSPS) is 15.0. The summed E-state index contributed by atoms with van der Waals surface area (Å²) in [7, 11) is 0. The number of benzene rings is 3. The molecule has 188 valence electrons. The second kappa shape index (κ2) is 10.4. The summed E-state index contributed by atoms with van der Waals surface area (Å²) < 4.78 is 2.01. The third-order valence-corrected chi connectivity index (χ3v) is 7.04. The summed E-state index contributed by atoms with van der Waals surface area (Å²) in [5.41, 5.74) is 5.20. The van der Waals surface area contributed by atoms with Crippen LogP contribution in [-0.4, -0.2) is 43.0 Å². The van der Waals surface area contributed by atoms with Gasteiger partial charge in [-0.2, -0.15) is 0 Å². The smallest absolute Gasteiger partial charge is 0.272 e. The molecule has 37 heavy (non-hydrogen) atoms. The lowest BCUT2D eigenvalue weighted by atomic mass is 9.88. The number of hydrogen-bond acceptors (Lipinski definition) is 5. The van der Waals surface area contributed by atoms with Crippen LogP contribution in [0.3, 0.4) is 0 Å². The molecule has 0 saturated carbocycles. The van der Waals surface area contributed by atoms with E-state index < -0.39 is 5.92 Å². The zero-order valence-corrected chi connectivity index (χ0v) is 20.5. The molecule has 0 radical (unpaired) electrons. The summed E-state index contributed by atoms with van der Waals surface area (Å²) in [6, 6.07) is 24.1. The predicted octanol–water partition coefficient (Wildman–Crippen LogP) is 4.23. The Balaban J connectivity index is 1.43. The fraction of sp³-hybridized carbons (Fsp3) is 0.241. The Hall–Kier alpha value is -4.30. The van der Waals surface area contributed by atoms with Gasteiger partial charge < -0.3 is 14.6 Å². The van der Waals surface area contributed by atoms with Crippen molar-refractivity contribution in [3.05, 3.63) is 129 Å². The second-order valence-electron chi connectivity index (χ2n) is 9.40.